The smallest absolute Gasteiger partial charge is 0.159 e. The van der Waals surface area contributed by atoms with Crippen LogP contribution in [0.4, 0.5) is 0 Å². The van der Waals surface area contributed by atoms with Crippen LogP contribution in [-0.2, 0) is 23.7 Å². The predicted molar refractivity (Wildman–Crippen MR) is 64.0 cm³/mol. The van der Waals surface area contributed by atoms with Crippen LogP contribution < -0.4 is 0 Å². The first-order chi connectivity index (χ1) is 8.35. The van der Waals surface area contributed by atoms with Gasteiger partial charge in [-0.05, 0) is 13.8 Å². The molecule has 0 aromatic carbocycles. The minimum absolute atomic E-state index is 0.180. The quantitative estimate of drug-likeness (QED) is 0.280. The minimum atomic E-state index is -0.180. The van der Waals surface area contributed by atoms with Gasteiger partial charge in [0.15, 0.2) is 6.29 Å². The summed E-state index contributed by atoms with van der Waals surface area (Å²) in [6.45, 7) is 7.25. The van der Waals surface area contributed by atoms with Gasteiger partial charge in [-0.25, -0.2) is 0 Å². The second kappa shape index (κ2) is 13.6. The van der Waals surface area contributed by atoms with Crippen molar-refractivity contribution < 1.29 is 23.7 Å². The highest BCUT2D eigenvalue weighted by Crippen LogP contribution is 2.01. The molecule has 0 unspecified atom stereocenters. The Balaban J connectivity index is 3.26. The van der Waals surface area contributed by atoms with Crippen LogP contribution in [0.2, 0.25) is 0 Å². The molecule has 5 nitrogen and oxygen atoms in total. The Morgan fingerprint density at radius 3 is 2.06 bits per heavy atom. The van der Waals surface area contributed by atoms with E-state index in [2.05, 4.69) is 0 Å². The lowest BCUT2D eigenvalue weighted by molar-refractivity contribution is -0.147. The highest BCUT2D eigenvalue weighted by Gasteiger charge is 2.06. The fourth-order valence-electron chi connectivity index (χ4n) is 1.22. The van der Waals surface area contributed by atoms with E-state index in [1.165, 1.54) is 0 Å². The topological polar surface area (TPSA) is 54.0 Å². The van der Waals surface area contributed by atoms with E-state index in [1.807, 2.05) is 13.8 Å². The summed E-state index contributed by atoms with van der Waals surface area (Å²) < 4.78 is 21.3. The van der Waals surface area contributed by atoms with E-state index in [1.54, 1.807) is 0 Å². The molecule has 0 spiro atoms. The average molecular weight is 248 g/mol. The molecule has 0 rings (SSSR count). The van der Waals surface area contributed by atoms with Gasteiger partial charge in [-0.3, -0.25) is 0 Å². The van der Waals surface area contributed by atoms with Gasteiger partial charge in [-0.15, -0.1) is 0 Å². The van der Waals surface area contributed by atoms with Crippen molar-refractivity contribution in [3.05, 3.63) is 0 Å². The Kier molecular flexibility index (Phi) is 13.2. The van der Waals surface area contributed by atoms with Crippen LogP contribution in [0, 0.1) is 0 Å². The molecule has 0 aromatic rings. The molecule has 0 heterocycles. The molecule has 0 aliphatic rings. The third-order valence-corrected chi connectivity index (χ3v) is 1.96. The molecule has 0 aliphatic carbocycles. The van der Waals surface area contributed by atoms with Crippen molar-refractivity contribution in [2.45, 2.75) is 33.0 Å². The number of ether oxygens (including phenoxy) is 4. The first kappa shape index (κ1) is 16.5. The van der Waals surface area contributed by atoms with E-state index in [-0.39, 0.29) is 6.29 Å². The lowest BCUT2D eigenvalue weighted by Crippen LogP contribution is -2.20. The molecule has 17 heavy (non-hydrogen) atoms. The Bertz CT molecular complexity index is 157. The van der Waals surface area contributed by atoms with Crippen molar-refractivity contribution >= 4 is 6.29 Å². The average Bonchev–Trinajstić information content (AvgIpc) is 2.33. The largest absolute Gasteiger partial charge is 0.379 e. The van der Waals surface area contributed by atoms with Crippen molar-refractivity contribution in [3.63, 3.8) is 0 Å². The first-order valence-electron chi connectivity index (χ1n) is 6.17. The van der Waals surface area contributed by atoms with E-state index in [0.29, 0.717) is 46.1 Å². The second-order valence-electron chi connectivity index (χ2n) is 3.31. The van der Waals surface area contributed by atoms with Gasteiger partial charge in [0.2, 0.25) is 0 Å². The molecular weight excluding hydrogens is 224 g/mol. The fraction of sp³-hybridized carbons (Fsp3) is 0.917. The molecule has 0 aromatic heterocycles. The summed E-state index contributed by atoms with van der Waals surface area (Å²) >= 11 is 0. The summed E-state index contributed by atoms with van der Waals surface area (Å²) in [5.41, 5.74) is 0. The van der Waals surface area contributed by atoms with E-state index >= 15 is 0 Å². The molecule has 0 bridgehead atoms. The SMILES string of the molecule is CCOC(CCOCCOCCC=O)OCC. The summed E-state index contributed by atoms with van der Waals surface area (Å²) in [5.74, 6) is 0. The fourth-order valence-corrected chi connectivity index (χ4v) is 1.22. The molecule has 0 N–H and O–H groups in total. The van der Waals surface area contributed by atoms with Gasteiger partial charge in [0.05, 0.1) is 26.4 Å². The van der Waals surface area contributed by atoms with Gasteiger partial charge >= 0.3 is 0 Å². The van der Waals surface area contributed by atoms with Crippen LogP contribution in [0.25, 0.3) is 0 Å². The highest BCUT2D eigenvalue weighted by molar-refractivity contribution is 5.49. The minimum Gasteiger partial charge on any atom is -0.379 e. The van der Waals surface area contributed by atoms with Crippen LogP contribution in [-0.4, -0.2) is 52.2 Å². The molecular formula is C12H24O5. The van der Waals surface area contributed by atoms with Crippen LogP contribution in [0.5, 0.6) is 0 Å². The van der Waals surface area contributed by atoms with E-state index in [9.17, 15) is 4.79 Å². The molecule has 0 saturated carbocycles. The van der Waals surface area contributed by atoms with Gasteiger partial charge in [-0.1, -0.05) is 0 Å². The van der Waals surface area contributed by atoms with Gasteiger partial charge in [0, 0.05) is 26.1 Å². The summed E-state index contributed by atoms with van der Waals surface area (Å²) in [6.07, 6.45) is 1.82. The molecule has 5 heteroatoms. The standard InChI is InChI=1S/C12H24O5/c1-3-16-12(17-4-2)6-9-15-11-10-14-8-5-7-13/h7,12H,3-6,8-11H2,1-2H3. The van der Waals surface area contributed by atoms with Gasteiger partial charge in [-0.2, -0.15) is 0 Å². The number of hydrogen-bond donors (Lipinski definition) is 0. The van der Waals surface area contributed by atoms with E-state index in [4.69, 9.17) is 18.9 Å². The van der Waals surface area contributed by atoms with Crippen LogP contribution in [0.3, 0.4) is 0 Å². The van der Waals surface area contributed by atoms with Gasteiger partial charge < -0.3 is 23.7 Å². The molecule has 0 fully saturated rings. The Hall–Kier alpha value is -0.490. The summed E-state index contributed by atoms with van der Waals surface area (Å²) in [5, 5.41) is 0. The Labute approximate surface area is 103 Å². The molecule has 0 atom stereocenters. The second-order valence-corrected chi connectivity index (χ2v) is 3.31. The van der Waals surface area contributed by atoms with Crippen LogP contribution in [0.15, 0.2) is 0 Å². The third kappa shape index (κ3) is 11.8. The molecule has 0 amide bonds. The summed E-state index contributed by atoms with van der Waals surface area (Å²) in [6, 6.07) is 0. The highest BCUT2D eigenvalue weighted by atomic mass is 16.7. The normalized spacial score (nSPS) is 11.0. The number of aldehydes is 1. The molecule has 102 valence electrons. The number of hydrogen-bond acceptors (Lipinski definition) is 5. The zero-order valence-electron chi connectivity index (χ0n) is 10.9. The maximum absolute atomic E-state index is 10.00. The lowest BCUT2D eigenvalue weighted by Gasteiger charge is -2.16. The van der Waals surface area contributed by atoms with E-state index < -0.39 is 0 Å². The number of carbonyl (C=O) groups excluding carboxylic acids is 1. The van der Waals surface area contributed by atoms with Crippen LogP contribution in [0.1, 0.15) is 26.7 Å². The van der Waals surface area contributed by atoms with Crippen molar-refractivity contribution in [2.75, 3.05) is 39.6 Å². The Morgan fingerprint density at radius 2 is 1.53 bits per heavy atom. The maximum Gasteiger partial charge on any atom is 0.159 e. The van der Waals surface area contributed by atoms with E-state index in [0.717, 1.165) is 12.7 Å². The van der Waals surface area contributed by atoms with Crippen molar-refractivity contribution in [2.24, 2.45) is 0 Å². The van der Waals surface area contributed by atoms with Gasteiger partial charge in [0.25, 0.3) is 0 Å². The molecule has 0 aliphatic heterocycles. The molecule has 0 radical (unpaired) electrons. The molecule has 0 saturated heterocycles. The first-order valence-corrected chi connectivity index (χ1v) is 6.17. The summed E-state index contributed by atoms with van der Waals surface area (Å²) in [4.78, 5) is 10.00. The number of carbonyl (C=O) groups is 1. The van der Waals surface area contributed by atoms with Crippen molar-refractivity contribution in [3.8, 4) is 0 Å². The van der Waals surface area contributed by atoms with Crippen molar-refractivity contribution in [1.82, 2.24) is 0 Å². The monoisotopic (exact) mass is 248 g/mol. The maximum atomic E-state index is 10.00. The zero-order chi connectivity index (χ0) is 12.8. The van der Waals surface area contributed by atoms with Crippen molar-refractivity contribution in [1.29, 1.82) is 0 Å². The third-order valence-electron chi connectivity index (χ3n) is 1.96. The Morgan fingerprint density at radius 1 is 0.941 bits per heavy atom. The number of rotatable bonds is 13. The lowest BCUT2D eigenvalue weighted by atomic mass is 10.4. The van der Waals surface area contributed by atoms with Gasteiger partial charge in [0.1, 0.15) is 6.29 Å². The van der Waals surface area contributed by atoms with Crippen LogP contribution >= 0.6 is 0 Å². The zero-order valence-corrected chi connectivity index (χ0v) is 10.9. The summed E-state index contributed by atoms with van der Waals surface area (Å²) in [7, 11) is 0. The predicted octanol–water partition coefficient (Wildman–Crippen LogP) is 1.40.